The molecule has 1 saturated heterocycles. The third kappa shape index (κ3) is 4.87. The molecule has 55 heavy (non-hydrogen) atoms. The second kappa shape index (κ2) is 12.1. The molecule has 2 aromatic rings. The van der Waals surface area contributed by atoms with E-state index in [2.05, 4.69) is 82.3 Å². The molecule has 1 aromatic carbocycles. The Morgan fingerprint density at radius 3 is 2.31 bits per heavy atom. The highest BCUT2D eigenvalue weighted by atomic mass is 16.5. The minimum absolute atomic E-state index is 0.0105. The number of esters is 1. The highest BCUT2D eigenvalue weighted by Crippen LogP contribution is 2.83. The highest BCUT2D eigenvalue weighted by Gasteiger charge is 2.78. The molecule has 8 aliphatic rings. The Hall–Kier alpha value is -2.89. The summed E-state index contributed by atoms with van der Waals surface area (Å²) in [7, 11) is 0. The van der Waals surface area contributed by atoms with Gasteiger partial charge in [0.1, 0.15) is 11.9 Å². The van der Waals surface area contributed by atoms with Gasteiger partial charge in [0.2, 0.25) is 5.91 Å². The van der Waals surface area contributed by atoms with Crippen molar-refractivity contribution in [2.45, 2.75) is 144 Å². The van der Waals surface area contributed by atoms with Crippen molar-refractivity contribution in [3.8, 4) is 11.3 Å². The number of hydrogen-bond acceptors (Lipinski definition) is 4. The van der Waals surface area contributed by atoms with E-state index in [0.717, 1.165) is 86.3 Å². The average molecular weight is 746 g/mol. The van der Waals surface area contributed by atoms with E-state index in [4.69, 9.17) is 9.72 Å². The Morgan fingerprint density at radius 1 is 0.855 bits per heavy atom. The summed E-state index contributed by atoms with van der Waals surface area (Å²) in [6.45, 7) is 22.1. The van der Waals surface area contributed by atoms with Crippen LogP contribution in [-0.4, -0.2) is 39.4 Å². The molecule has 14 atom stereocenters. The summed E-state index contributed by atoms with van der Waals surface area (Å²) in [5, 5.41) is 0. The van der Waals surface area contributed by atoms with Crippen molar-refractivity contribution < 1.29 is 14.3 Å². The molecule has 2 heterocycles. The molecule has 0 bridgehead atoms. The number of nitrogens with one attached hydrogen (secondary N) is 1. The first-order valence-electron chi connectivity index (χ1n) is 22.4. The van der Waals surface area contributed by atoms with E-state index < -0.39 is 0 Å². The fourth-order valence-corrected chi connectivity index (χ4v) is 16.7. The number of amides is 1. The molecule has 1 N–H and O–H groups in total. The number of fused-ring (bicyclic) bond motifs is 8. The van der Waals surface area contributed by atoms with Gasteiger partial charge in [-0.1, -0.05) is 69.7 Å². The van der Waals surface area contributed by atoms with Gasteiger partial charge in [-0.25, -0.2) is 4.98 Å². The Bertz CT molecular complexity index is 1910. The number of carbonyl (C=O) groups excluding carboxylic acids is 2. The van der Waals surface area contributed by atoms with E-state index in [0.29, 0.717) is 35.5 Å². The zero-order valence-electron chi connectivity index (χ0n) is 34.9. The lowest BCUT2D eigenvalue weighted by molar-refractivity contribution is -0.257. The maximum atomic E-state index is 15.5. The second-order valence-electron chi connectivity index (χ2n) is 21.6. The molecule has 7 aliphatic carbocycles. The van der Waals surface area contributed by atoms with Gasteiger partial charge in [-0.05, 0) is 166 Å². The van der Waals surface area contributed by atoms with Gasteiger partial charge >= 0.3 is 5.97 Å². The predicted octanol–water partition coefficient (Wildman–Crippen LogP) is 10.9. The van der Waals surface area contributed by atoms with Crippen LogP contribution < -0.4 is 0 Å². The molecular formula is C49H67N3O3. The number of aryl methyl sites for hydroxylation is 1. The molecule has 6 nitrogen and oxygen atoms in total. The number of aromatic nitrogens is 2. The van der Waals surface area contributed by atoms with Crippen molar-refractivity contribution in [1.29, 1.82) is 0 Å². The summed E-state index contributed by atoms with van der Waals surface area (Å²) in [5.41, 5.74) is 5.14. The Morgan fingerprint density at radius 2 is 1.62 bits per heavy atom. The predicted molar refractivity (Wildman–Crippen MR) is 216 cm³/mol. The molecule has 10 rings (SSSR count). The van der Waals surface area contributed by atoms with Crippen molar-refractivity contribution in [2.75, 3.05) is 6.54 Å². The molecule has 7 saturated carbocycles. The topological polar surface area (TPSA) is 75.3 Å². The summed E-state index contributed by atoms with van der Waals surface area (Å²) in [6, 6.07) is 8.63. The number of ether oxygens (including phenoxy) is 1. The summed E-state index contributed by atoms with van der Waals surface area (Å²) in [6.07, 6.45) is 16.9. The number of aromatic amines is 1. The van der Waals surface area contributed by atoms with Crippen LogP contribution in [0.15, 0.2) is 42.6 Å². The van der Waals surface area contributed by atoms with Crippen LogP contribution in [0.4, 0.5) is 0 Å². The highest BCUT2D eigenvalue weighted by molar-refractivity contribution is 5.84. The Kier molecular flexibility index (Phi) is 8.00. The molecule has 0 spiro atoms. The normalized spacial score (nSPS) is 47.8. The molecular weight excluding hydrogens is 679 g/mol. The van der Waals surface area contributed by atoms with Crippen LogP contribution in [0.3, 0.4) is 0 Å². The number of likely N-dealkylation sites (tertiary alicyclic amines) is 1. The zero-order chi connectivity index (χ0) is 38.4. The van der Waals surface area contributed by atoms with Crippen LogP contribution in [0.5, 0.6) is 0 Å². The van der Waals surface area contributed by atoms with Gasteiger partial charge in [0.15, 0.2) is 0 Å². The lowest BCUT2D eigenvalue weighted by Gasteiger charge is -2.73. The molecule has 8 fully saturated rings. The number of allylic oxidation sites excluding steroid dienone is 1. The van der Waals surface area contributed by atoms with Crippen LogP contribution in [0.1, 0.15) is 142 Å². The number of nitrogens with zero attached hydrogens (tertiary/aromatic N) is 2. The fraction of sp³-hybridized carbons (Fsp3) is 0.735. The molecule has 296 valence electrons. The van der Waals surface area contributed by atoms with Crippen LogP contribution in [0.25, 0.3) is 11.3 Å². The van der Waals surface area contributed by atoms with Crippen molar-refractivity contribution >= 4 is 11.9 Å². The number of benzene rings is 1. The first kappa shape index (κ1) is 36.5. The number of H-pyrrole nitrogens is 1. The molecule has 1 amide bonds. The minimum atomic E-state index is -0.319. The van der Waals surface area contributed by atoms with Gasteiger partial charge in [0.25, 0.3) is 0 Å². The third-order valence-electron chi connectivity index (χ3n) is 19.6. The van der Waals surface area contributed by atoms with Gasteiger partial charge in [0.05, 0.1) is 23.3 Å². The molecule has 0 radical (unpaired) electrons. The quantitative estimate of drug-likeness (QED) is 0.236. The minimum Gasteiger partial charge on any atom is -0.462 e. The number of carbonyl (C=O) groups is 2. The largest absolute Gasteiger partial charge is 0.462 e. The van der Waals surface area contributed by atoms with Crippen molar-refractivity contribution in [3.63, 3.8) is 0 Å². The van der Waals surface area contributed by atoms with Gasteiger partial charge in [-0.2, -0.15) is 0 Å². The summed E-state index contributed by atoms with van der Waals surface area (Å²) < 4.78 is 6.27. The smallest absolute Gasteiger partial charge is 0.302 e. The zero-order valence-corrected chi connectivity index (χ0v) is 34.9. The Balaban J connectivity index is 0.959. The monoisotopic (exact) mass is 746 g/mol. The first-order valence-corrected chi connectivity index (χ1v) is 22.4. The number of rotatable bonds is 6. The van der Waals surface area contributed by atoms with Crippen LogP contribution in [-0.2, 0) is 14.3 Å². The van der Waals surface area contributed by atoms with Crippen LogP contribution >= 0.6 is 0 Å². The molecule has 1 aliphatic heterocycles. The maximum absolute atomic E-state index is 15.5. The van der Waals surface area contributed by atoms with Gasteiger partial charge < -0.3 is 14.6 Å². The summed E-state index contributed by atoms with van der Waals surface area (Å²) >= 11 is 0. The van der Waals surface area contributed by atoms with Gasteiger partial charge in [0, 0.05) is 18.9 Å². The van der Waals surface area contributed by atoms with E-state index in [-0.39, 0.29) is 45.2 Å². The maximum Gasteiger partial charge on any atom is 0.302 e. The van der Waals surface area contributed by atoms with E-state index >= 15 is 4.79 Å². The average Bonchev–Trinajstić information content (AvgIpc) is 3.79. The van der Waals surface area contributed by atoms with Crippen molar-refractivity contribution in [2.24, 2.45) is 74.4 Å². The molecule has 14 unspecified atom stereocenters. The molecule has 1 aromatic heterocycles. The first-order chi connectivity index (χ1) is 26.2. The standard InChI is InChI=1S/C49H67N3O3/c1-28(2)32-17-22-49(44(54)52-25-9-10-37(52)43-50-27-36(51-43)31-13-11-29(3)12-14-31)24-23-46(6)35(42(32)49)15-16-38-45(5)20-19-40(55-30(4)53)48(8,41-33-26-34(33)41)39(45)18-21-47(38,46)7/h11-14,27,32-35,37-42H,1,9-10,15-26H2,2-8H3,(H,50,51). The number of hydrogen-bond donors (Lipinski definition) is 1. The van der Waals surface area contributed by atoms with E-state index in [1.54, 1.807) is 6.92 Å². The van der Waals surface area contributed by atoms with Crippen LogP contribution in [0, 0.1) is 81.3 Å². The SMILES string of the molecule is C=C(C)C1CCC2(C(=O)N3CCCC3c3ncc(-c4ccc(C)cc4)[nH]3)CCC3(C)C(CCC4C5(C)CCC(OC(C)=O)C(C)(C6C7CC76)C5CCC43C)C12. The van der Waals surface area contributed by atoms with Gasteiger partial charge in [-0.3, -0.25) is 9.59 Å². The van der Waals surface area contributed by atoms with E-state index in [1.165, 1.54) is 49.7 Å². The lowest BCUT2D eigenvalue weighted by Crippen LogP contribution is -2.68. The number of imidazole rings is 1. The van der Waals surface area contributed by atoms with E-state index in [1.807, 2.05) is 6.20 Å². The third-order valence-corrected chi connectivity index (χ3v) is 19.6. The Labute approximate surface area is 330 Å². The fourth-order valence-electron chi connectivity index (χ4n) is 16.7. The van der Waals surface area contributed by atoms with E-state index in [9.17, 15) is 4.79 Å². The van der Waals surface area contributed by atoms with Crippen molar-refractivity contribution in [1.82, 2.24) is 14.9 Å². The molecule has 6 heteroatoms. The van der Waals surface area contributed by atoms with Crippen LogP contribution in [0.2, 0.25) is 0 Å². The second-order valence-corrected chi connectivity index (χ2v) is 21.6. The summed E-state index contributed by atoms with van der Waals surface area (Å²) in [5.74, 6) is 6.33. The van der Waals surface area contributed by atoms with Gasteiger partial charge in [-0.15, -0.1) is 0 Å². The summed E-state index contributed by atoms with van der Waals surface area (Å²) in [4.78, 5) is 38.9. The van der Waals surface area contributed by atoms with Crippen molar-refractivity contribution in [3.05, 3.63) is 54.0 Å². The lowest BCUT2D eigenvalue weighted by atomic mass is 9.31.